The van der Waals surface area contributed by atoms with Crippen molar-refractivity contribution < 1.29 is 4.39 Å². The molecule has 0 spiro atoms. The van der Waals surface area contributed by atoms with E-state index in [-0.39, 0.29) is 11.2 Å². The van der Waals surface area contributed by atoms with Crippen molar-refractivity contribution in [1.82, 2.24) is 0 Å². The average molecular weight is 289 g/mol. The SMILES string of the molecule is Fc1ccc(CC(Cl)c2ccc3c(c2)CCCC3)cc1. The van der Waals surface area contributed by atoms with Crippen LogP contribution in [-0.4, -0.2) is 0 Å². The largest absolute Gasteiger partial charge is 0.207 e. The maximum atomic E-state index is 12.9. The molecule has 1 aliphatic rings. The molecule has 2 heteroatoms. The van der Waals surface area contributed by atoms with Gasteiger partial charge < -0.3 is 0 Å². The fraction of sp³-hybridized carbons (Fsp3) is 0.333. The Hall–Kier alpha value is -1.34. The van der Waals surface area contributed by atoms with Gasteiger partial charge in [-0.15, -0.1) is 11.6 Å². The van der Waals surface area contributed by atoms with Crippen LogP contribution < -0.4 is 0 Å². The highest BCUT2D eigenvalue weighted by Gasteiger charge is 2.14. The molecule has 0 aliphatic heterocycles. The van der Waals surface area contributed by atoms with Crippen molar-refractivity contribution in [3.63, 3.8) is 0 Å². The second-order valence-electron chi connectivity index (χ2n) is 5.53. The molecule has 0 amide bonds. The van der Waals surface area contributed by atoms with Gasteiger partial charge in [0.05, 0.1) is 5.38 Å². The molecule has 0 aromatic heterocycles. The Labute approximate surface area is 124 Å². The van der Waals surface area contributed by atoms with E-state index in [0.29, 0.717) is 0 Å². The third-order valence-corrected chi connectivity index (χ3v) is 4.47. The molecule has 0 fully saturated rings. The Morgan fingerprint density at radius 1 is 0.950 bits per heavy atom. The van der Waals surface area contributed by atoms with Crippen LogP contribution in [0, 0.1) is 5.82 Å². The summed E-state index contributed by atoms with van der Waals surface area (Å²) in [5.41, 5.74) is 5.19. The Morgan fingerprint density at radius 3 is 2.40 bits per heavy atom. The first-order valence-corrected chi connectivity index (χ1v) is 7.66. The summed E-state index contributed by atoms with van der Waals surface area (Å²) >= 11 is 6.53. The van der Waals surface area contributed by atoms with Crippen LogP contribution in [0.5, 0.6) is 0 Å². The van der Waals surface area contributed by atoms with Crippen LogP contribution >= 0.6 is 11.6 Å². The molecule has 0 nitrogen and oxygen atoms in total. The molecule has 1 atom stereocenters. The molecule has 0 saturated heterocycles. The number of hydrogen-bond acceptors (Lipinski definition) is 0. The van der Waals surface area contributed by atoms with Crippen LogP contribution in [0.4, 0.5) is 4.39 Å². The van der Waals surface area contributed by atoms with Gasteiger partial charge in [-0.3, -0.25) is 0 Å². The van der Waals surface area contributed by atoms with Gasteiger partial charge in [-0.25, -0.2) is 4.39 Å². The lowest BCUT2D eigenvalue weighted by Crippen LogP contribution is -2.04. The maximum absolute atomic E-state index is 12.9. The number of benzene rings is 2. The molecule has 0 radical (unpaired) electrons. The highest BCUT2D eigenvalue weighted by atomic mass is 35.5. The van der Waals surface area contributed by atoms with Gasteiger partial charge in [0.2, 0.25) is 0 Å². The molecule has 2 aromatic rings. The smallest absolute Gasteiger partial charge is 0.123 e. The van der Waals surface area contributed by atoms with Crippen LogP contribution in [0.2, 0.25) is 0 Å². The van der Waals surface area contributed by atoms with Crippen LogP contribution in [0.3, 0.4) is 0 Å². The number of halogens is 2. The quantitative estimate of drug-likeness (QED) is 0.679. The first kappa shape index (κ1) is 13.6. The van der Waals surface area contributed by atoms with E-state index in [9.17, 15) is 4.39 Å². The van der Waals surface area contributed by atoms with Gasteiger partial charge in [0.1, 0.15) is 5.82 Å². The zero-order valence-electron chi connectivity index (χ0n) is 11.4. The molecule has 3 rings (SSSR count). The first-order valence-electron chi connectivity index (χ1n) is 7.22. The van der Waals surface area contributed by atoms with E-state index in [2.05, 4.69) is 18.2 Å². The summed E-state index contributed by atoms with van der Waals surface area (Å²) in [4.78, 5) is 0. The molecule has 20 heavy (non-hydrogen) atoms. The summed E-state index contributed by atoms with van der Waals surface area (Å²) in [7, 11) is 0. The maximum Gasteiger partial charge on any atom is 0.123 e. The van der Waals surface area contributed by atoms with Gasteiger partial charge >= 0.3 is 0 Å². The van der Waals surface area contributed by atoms with Crippen LogP contribution in [0.15, 0.2) is 42.5 Å². The highest BCUT2D eigenvalue weighted by molar-refractivity contribution is 6.20. The fourth-order valence-corrected chi connectivity index (χ4v) is 3.21. The number of rotatable bonds is 3. The molecule has 1 unspecified atom stereocenters. The third kappa shape index (κ3) is 3.04. The zero-order chi connectivity index (χ0) is 13.9. The van der Waals surface area contributed by atoms with Crippen molar-refractivity contribution in [3.05, 3.63) is 70.5 Å². The predicted molar refractivity (Wildman–Crippen MR) is 81.8 cm³/mol. The van der Waals surface area contributed by atoms with Gasteiger partial charge in [-0.1, -0.05) is 30.3 Å². The van der Waals surface area contributed by atoms with Gasteiger partial charge in [-0.2, -0.15) is 0 Å². The lowest BCUT2D eigenvalue weighted by Gasteiger charge is -2.18. The summed E-state index contributed by atoms with van der Waals surface area (Å²) in [6, 6.07) is 13.2. The Kier molecular flexibility index (Phi) is 4.07. The minimum atomic E-state index is -0.200. The minimum Gasteiger partial charge on any atom is -0.207 e. The van der Waals surface area contributed by atoms with E-state index in [1.165, 1.54) is 54.5 Å². The van der Waals surface area contributed by atoms with Crippen molar-refractivity contribution in [3.8, 4) is 0 Å². The van der Waals surface area contributed by atoms with E-state index >= 15 is 0 Å². The topological polar surface area (TPSA) is 0 Å². The van der Waals surface area contributed by atoms with Gasteiger partial charge in [-0.05, 0) is 66.5 Å². The second-order valence-corrected chi connectivity index (χ2v) is 6.06. The summed E-state index contributed by atoms with van der Waals surface area (Å²) in [5, 5.41) is -0.0484. The molecule has 0 saturated carbocycles. The Morgan fingerprint density at radius 2 is 1.65 bits per heavy atom. The summed E-state index contributed by atoms with van der Waals surface area (Å²) in [6.07, 6.45) is 5.68. The number of hydrogen-bond donors (Lipinski definition) is 0. The zero-order valence-corrected chi connectivity index (χ0v) is 12.2. The molecule has 104 valence electrons. The molecule has 0 bridgehead atoms. The molecule has 0 N–H and O–H groups in total. The van der Waals surface area contributed by atoms with Crippen LogP contribution in [-0.2, 0) is 19.3 Å². The van der Waals surface area contributed by atoms with E-state index in [1.54, 1.807) is 0 Å². The van der Waals surface area contributed by atoms with Crippen molar-refractivity contribution in [2.45, 2.75) is 37.5 Å². The average Bonchev–Trinajstić information content (AvgIpc) is 2.49. The van der Waals surface area contributed by atoms with Gasteiger partial charge in [0, 0.05) is 0 Å². The second kappa shape index (κ2) is 5.97. The third-order valence-electron chi connectivity index (χ3n) is 4.06. The van der Waals surface area contributed by atoms with Crippen LogP contribution in [0.25, 0.3) is 0 Å². The van der Waals surface area contributed by atoms with Crippen molar-refractivity contribution in [2.24, 2.45) is 0 Å². The van der Waals surface area contributed by atoms with Crippen molar-refractivity contribution in [2.75, 3.05) is 0 Å². The van der Waals surface area contributed by atoms with E-state index < -0.39 is 0 Å². The number of alkyl halides is 1. The van der Waals surface area contributed by atoms with Crippen LogP contribution in [0.1, 0.15) is 40.5 Å². The number of aryl methyl sites for hydroxylation is 2. The van der Waals surface area contributed by atoms with E-state index in [1.807, 2.05) is 12.1 Å². The van der Waals surface area contributed by atoms with Gasteiger partial charge in [0.25, 0.3) is 0 Å². The standard InChI is InChI=1S/C18H18ClF/c19-18(11-13-5-9-17(20)10-6-13)16-8-7-14-3-1-2-4-15(14)12-16/h5-10,12,18H,1-4,11H2. The first-order chi connectivity index (χ1) is 9.72. The Balaban J connectivity index is 1.76. The Bertz CT molecular complexity index is 589. The fourth-order valence-electron chi connectivity index (χ4n) is 2.89. The normalized spacial score (nSPS) is 15.7. The summed E-state index contributed by atoms with van der Waals surface area (Å²) in [6.45, 7) is 0. The van der Waals surface area contributed by atoms with Crippen molar-refractivity contribution >= 4 is 11.6 Å². The lowest BCUT2D eigenvalue weighted by molar-refractivity contribution is 0.627. The van der Waals surface area contributed by atoms with E-state index in [0.717, 1.165) is 12.0 Å². The summed E-state index contributed by atoms with van der Waals surface area (Å²) in [5.74, 6) is -0.200. The van der Waals surface area contributed by atoms with Crippen molar-refractivity contribution in [1.29, 1.82) is 0 Å². The predicted octanol–water partition coefficient (Wildman–Crippen LogP) is 5.23. The minimum absolute atomic E-state index is 0.0484. The summed E-state index contributed by atoms with van der Waals surface area (Å²) < 4.78 is 12.9. The molecular formula is C18H18ClF. The lowest BCUT2D eigenvalue weighted by atomic mass is 9.89. The molecule has 1 aliphatic carbocycles. The van der Waals surface area contributed by atoms with Gasteiger partial charge in [0.15, 0.2) is 0 Å². The monoisotopic (exact) mass is 288 g/mol. The molecular weight excluding hydrogens is 271 g/mol. The van der Waals surface area contributed by atoms with E-state index in [4.69, 9.17) is 11.6 Å². The highest BCUT2D eigenvalue weighted by Crippen LogP contribution is 2.29. The molecule has 2 aromatic carbocycles. The number of fused-ring (bicyclic) bond motifs is 1. The molecule has 0 heterocycles.